The Kier molecular flexibility index (Phi) is 2.94. The Balaban J connectivity index is 0.000000371. The fourth-order valence-electron chi connectivity index (χ4n) is 0.320. The third-order valence-corrected chi connectivity index (χ3v) is 0.714. The average Bonchev–Trinajstić information content (AvgIpc) is 2.25. The molecule has 10 heavy (non-hydrogen) atoms. The molecule has 0 aliphatic carbocycles. The van der Waals surface area contributed by atoms with Gasteiger partial charge < -0.3 is 5.84 Å². The van der Waals surface area contributed by atoms with Gasteiger partial charge in [-0.3, -0.25) is 11.7 Å². The molecular weight excluding hydrogens is 140 g/mol. The summed E-state index contributed by atoms with van der Waals surface area (Å²) in [6.07, 6.45) is 0. The molecule has 0 radical (unpaired) electrons. The third-order valence-electron chi connectivity index (χ3n) is 0.714. The van der Waals surface area contributed by atoms with Crippen LogP contribution in [-0.2, 0) is 0 Å². The summed E-state index contributed by atoms with van der Waals surface area (Å²) < 4.78 is 0.444. The maximum absolute atomic E-state index is 10.2. The molecule has 1 aromatic heterocycles. The van der Waals surface area contributed by atoms with Crippen molar-refractivity contribution in [1.29, 1.82) is 0 Å². The predicted molar refractivity (Wildman–Crippen MR) is 34.2 cm³/mol. The minimum Gasteiger partial charge on any atom is -0.331 e. The highest BCUT2D eigenvalue weighted by Gasteiger charge is 1.92. The van der Waals surface area contributed by atoms with Crippen LogP contribution in [0.1, 0.15) is 0 Å². The average molecular weight is 148 g/mol. The van der Waals surface area contributed by atoms with Gasteiger partial charge in [0.25, 0.3) is 0 Å². The van der Waals surface area contributed by atoms with Gasteiger partial charge in [0.2, 0.25) is 0 Å². The van der Waals surface area contributed by atoms with Gasteiger partial charge in [0.1, 0.15) is 0 Å². The van der Waals surface area contributed by atoms with Crippen LogP contribution in [0.3, 0.4) is 0 Å². The summed E-state index contributed by atoms with van der Waals surface area (Å²) in [6, 6.07) is 0. The fraction of sp³-hybridized carbons (Fsp3) is 0. The summed E-state index contributed by atoms with van der Waals surface area (Å²) in [5.41, 5.74) is -1.29. The molecule has 0 aliphatic heterocycles. The van der Waals surface area contributed by atoms with Crippen molar-refractivity contribution < 1.29 is 0 Å². The maximum atomic E-state index is 10.2. The van der Waals surface area contributed by atoms with E-state index in [9.17, 15) is 9.59 Å². The van der Waals surface area contributed by atoms with Crippen LogP contribution in [0, 0.1) is 0 Å². The minimum absolute atomic E-state index is 0.444. The normalized spacial score (nSPS) is 8.20. The molecule has 0 bridgehead atoms. The summed E-state index contributed by atoms with van der Waals surface area (Å²) in [5, 5.41) is 3.96. The van der Waals surface area contributed by atoms with Gasteiger partial charge in [-0.2, -0.15) is 4.68 Å². The fourth-order valence-corrected chi connectivity index (χ4v) is 0.320. The molecule has 0 spiro atoms. The molecule has 0 unspecified atom stereocenters. The first kappa shape index (κ1) is 8.46. The molecule has 0 fully saturated rings. The number of nitrogens with two attached hydrogens (primary N) is 3. The number of aromatic nitrogens is 3. The quantitative estimate of drug-likeness (QED) is 0.190. The van der Waals surface area contributed by atoms with Crippen molar-refractivity contribution in [2.45, 2.75) is 0 Å². The Morgan fingerprint density at radius 3 is 1.50 bits per heavy atom. The van der Waals surface area contributed by atoms with Crippen molar-refractivity contribution in [1.82, 2.24) is 14.9 Å². The van der Waals surface area contributed by atoms with Crippen LogP contribution in [-0.4, -0.2) is 14.9 Å². The third kappa shape index (κ3) is 1.47. The van der Waals surface area contributed by atoms with Gasteiger partial charge in [-0.15, -0.1) is 0 Å². The van der Waals surface area contributed by atoms with E-state index in [-0.39, 0.29) is 0 Å². The van der Waals surface area contributed by atoms with Crippen LogP contribution in [0.4, 0.5) is 0 Å². The Morgan fingerprint density at radius 1 is 1.10 bits per heavy atom. The van der Waals surface area contributed by atoms with Gasteiger partial charge in [0.05, 0.1) is 0 Å². The second kappa shape index (κ2) is 3.48. The van der Waals surface area contributed by atoms with Gasteiger partial charge in [-0.25, -0.2) is 19.8 Å². The predicted octanol–water partition coefficient (Wildman–Crippen LogP) is -3.60. The van der Waals surface area contributed by atoms with E-state index in [0.29, 0.717) is 4.68 Å². The number of rotatable bonds is 0. The number of H-pyrrole nitrogens is 2. The zero-order chi connectivity index (χ0) is 8.15. The lowest BCUT2D eigenvalue weighted by atomic mass is 11.2. The van der Waals surface area contributed by atoms with E-state index in [2.05, 4.69) is 11.7 Å². The molecule has 8 N–H and O–H groups in total. The van der Waals surface area contributed by atoms with Crippen LogP contribution in [0.15, 0.2) is 9.59 Å². The first-order valence-electron chi connectivity index (χ1n) is 2.20. The van der Waals surface area contributed by atoms with Crippen LogP contribution in [0.25, 0.3) is 0 Å². The lowest BCUT2D eigenvalue weighted by molar-refractivity contribution is 0.899. The number of hydrogen-bond donors (Lipinski definition) is 5. The molecule has 0 aromatic carbocycles. The zero-order valence-corrected chi connectivity index (χ0v) is 5.00. The van der Waals surface area contributed by atoms with E-state index >= 15 is 0 Å². The number of nitrogens with one attached hydrogen (secondary N) is 2. The lowest BCUT2D eigenvalue weighted by Gasteiger charge is -1.75. The van der Waals surface area contributed by atoms with Gasteiger partial charge in [-0.05, 0) is 0 Å². The van der Waals surface area contributed by atoms with Crippen LogP contribution >= 0.6 is 0 Å². The Hall–Kier alpha value is -1.54. The second-order valence-corrected chi connectivity index (χ2v) is 1.23. The summed E-state index contributed by atoms with van der Waals surface area (Å²) in [6.45, 7) is 0. The molecule has 0 saturated carbocycles. The van der Waals surface area contributed by atoms with Crippen molar-refractivity contribution in [2.75, 3.05) is 5.84 Å². The van der Waals surface area contributed by atoms with E-state index in [4.69, 9.17) is 5.84 Å². The minimum atomic E-state index is -0.644. The standard InChI is InChI=1S/C2H4N4O2.H4N2/c3-6-1(7)4-5-2(6)8;1-2/h3H2,(H,4,7)(H,5,8);1-2H2. The topological polar surface area (TPSA) is 149 Å². The van der Waals surface area contributed by atoms with Gasteiger partial charge in [0.15, 0.2) is 0 Å². The highest BCUT2D eigenvalue weighted by Crippen LogP contribution is 1.39. The largest absolute Gasteiger partial charge is 0.363 e. The summed E-state index contributed by atoms with van der Waals surface area (Å²) in [5.74, 6) is 12.8. The Bertz CT molecular complexity index is 251. The zero-order valence-electron chi connectivity index (χ0n) is 5.00. The van der Waals surface area contributed by atoms with Crippen molar-refractivity contribution >= 4 is 0 Å². The van der Waals surface area contributed by atoms with E-state index in [1.165, 1.54) is 0 Å². The first-order valence-corrected chi connectivity index (χ1v) is 2.20. The smallest absolute Gasteiger partial charge is 0.331 e. The van der Waals surface area contributed by atoms with Gasteiger partial charge >= 0.3 is 11.4 Å². The molecule has 58 valence electrons. The Morgan fingerprint density at radius 2 is 1.40 bits per heavy atom. The molecular formula is C2H8N6O2. The van der Waals surface area contributed by atoms with Crippen molar-refractivity contribution in [3.63, 3.8) is 0 Å². The molecule has 0 aliphatic rings. The number of aromatic amines is 2. The van der Waals surface area contributed by atoms with E-state index < -0.39 is 11.4 Å². The molecule has 8 nitrogen and oxygen atoms in total. The van der Waals surface area contributed by atoms with Gasteiger partial charge in [-0.1, -0.05) is 0 Å². The van der Waals surface area contributed by atoms with Crippen molar-refractivity contribution in [2.24, 2.45) is 11.7 Å². The van der Waals surface area contributed by atoms with Crippen molar-refractivity contribution in [3.8, 4) is 0 Å². The van der Waals surface area contributed by atoms with E-state index in [0.717, 1.165) is 0 Å². The number of nitrogen functional groups attached to an aromatic ring is 1. The SMILES string of the molecule is NN.Nn1c(=O)[nH][nH]c1=O. The highest BCUT2D eigenvalue weighted by molar-refractivity contribution is 4.62. The molecule has 0 amide bonds. The molecule has 8 heteroatoms. The van der Waals surface area contributed by atoms with Crippen molar-refractivity contribution in [3.05, 3.63) is 21.0 Å². The molecule has 0 saturated heterocycles. The van der Waals surface area contributed by atoms with Crippen LogP contribution in [0.2, 0.25) is 0 Å². The summed E-state index contributed by atoms with van der Waals surface area (Å²) >= 11 is 0. The second-order valence-electron chi connectivity index (χ2n) is 1.23. The van der Waals surface area contributed by atoms with Crippen LogP contribution < -0.4 is 28.9 Å². The maximum Gasteiger partial charge on any atom is 0.363 e. The lowest BCUT2D eigenvalue weighted by Crippen LogP contribution is -2.33. The van der Waals surface area contributed by atoms with Crippen LogP contribution in [0.5, 0.6) is 0 Å². The summed E-state index contributed by atoms with van der Waals surface area (Å²) in [4.78, 5) is 20.4. The Labute approximate surface area is 54.5 Å². The first-order chi connectivity index (χ1) is 4.72. The molecule has 1 heterocycles. The van der Waals surface area contributed by atoms with E-state index in [1.807, 2.05) is 10.2 Å². The molecule has 1 aromatic rings. The number of hydrazine groups is 1. The number of nitrogens with zero attached hydrogens (tertiary/aromatic N) is 1. The molecule has 1 rings (SSSR count). The van der Waals surface area contributed by atoms with E-state index in [1.54, 1.807) is 0 Å². The number of hydrogen-bond acceptors (Lipinski definition) is 5. The molecule has 0 atom stereocenters. The summed E-state index contributed by atoms with van der Waals surface area (Å²) in [7, 11) is 0. The monoisotopic (exact) mass is 148 g/mol. The highest BCUT2D eigenvalue weighted by atomic mass is 16.2. The van der Waals surface area contributed by atoms with Gasteiger partial charge in [0, 0.05) is 0 Å².